The topological polar surface area (TPSA) is 61.4 Å². The largest absolute Gasteiger partial charge is 0.351 e. The summed E-state index contributed by atoms with van der Waals surface area (Å²) in [6.07, 6.45) is 0. The predicted octanol–water partition coefficient (Wildman–Crippen LogP) is 2.67. The minimum atomic E-state index is -0.365. The molecule has 0 fully saturated rings. The number of likely N-dealkylation sites (N-methyl/N-ethyl adjacent to an activating group) is 1. The third-order valence-electron chi connectivity index (χ3n) is 3.41. The van der Waals surface area contributed by atoms with Crippen molar-refractivity contribution in [3.8, 4) is 0 Å². The Morgan fingerprint density at radius 3 is 2.40 bits per heavy atom. The second-order valence-electron chi connectivity index (χ2n) is 5.57. The standard InChI is InChI=1S/C18H19ClFN3O2/c1-23(12-18(25)22-16-9-5-3-7-14(16)19)11-17(24)21-10-13-6-2-4-8-15(13)20/h2-9H,10-12H2,1H3,(H,21,24)(H,22,25). The zero-order valence-corrected chi connectivity index (χ0v) is 14.5. The Kier molecular flexibility index (Phi) is 6.91. The van der Waals surface area contributed by atoms with Gasteiger partial charge in [-0.15, -0.1) is 0 Å². The molecule has 0 aromatic heterocycles. The molecule has 0 aliphatic rings. The van der Waals surface area contributed by atoms with Crippen molar-refractivity contribution in [2.24, 2.45) is 0 Å². The van der Waals surface area contributed by atoms with E-state index in [1.165, 1.54) is 6.07 Å². The summed E-state index contributed by atoms with van der Waals surface area (Å²) in [6, 6.07) is 13.1. The molecule has 2 N–H and O–H groups in total. The molecule has 0 bridgehead atoms. The van der Waals surface area contributed by atoms with Crippen LogP contribution in [0.15, 0.2) is 48.5 Å². The van der Waals surface area contributed by atoms with E-state index in [0.717, 1.165) is 0 Å². The van der Waals surface area contributed by atoms with Gasteiger partial charge in [0.05, 0.1) is 23.8 Å². The Morgan fingerprint density at radius 2 is 1.68 bits per heavy atom. The number of carbonyl (C=O) groups is 2. The predicted molar refractivity (Wildman–Crippen MR) is 95.8 cm³/mol. The van der Waals surface area contributed by atoms with E-state index >= 15 is 0 Å². The third kappa shape index (κ3) is 6.17. The van der Waals surface area contributed by atoms with E-state index in [-0.39, 0.29) is 37.3 Å². The summed E-state index contributed by atoms with van der Waals surface area (Å²) >= 11 is 5.98. The smallest absolute Gasteiger partial charge is 0.238 e. The van der Waals surface area contributed by atoms with Gasteiger partial charge in [-0.1, -0.05) is 41.9 Å². The number of benzene rings is 2. The summed E-state index contributed by atoms with van der Waals surface area (Å²) in [4.78, 5) is 25.5. The van der Waals surface area contributed by atoms with Gasteiger partial charge in [0.1, 0.15) is 5.82 Å². The van der Waals surface area contributed by atoms with Gasteiger partial charge < -0.3 is 10.6 Å². The minimum Gasteiger partial charge on any atom is -0.351 e. The molecule has 132 valence electrons. The average molecular weight is 364 g/mol. The van der Waals surface area contributed by atoms with Crippen molar-refractivity contribution in [3.05, 3.63) is 64.9 Å². The van der Waals surface area contributed by atoms with Gasteiger partial charge >= 0.3 is 0 Å². The maximum Gasteiger partial charge on any atom is 0.238 e. The molecular weight excluding hydrogens is 345 g/mol. The minimum absolute atomic E-state index is 0.0182. The van der Waals surface area contributed by atoms with E-state index in [4.69, 9.17) is 11.6 Å². The number of hydrogen-bond donors (Lipinski definition) is 2. The zero-order valence-electron chi connectivity index (χ0n) is 13.8. The maximum absolute atomic E-state index is 13.5. The van der Waals surface area contributed by atoms with Crippen molar-refractivity contribution < 1.29 is 14.0 Å². The summed E-state index contributed by atoms with van der Waals surface area (Å²) in [5, 5.41) is 5.76. The van der Waals surface area contributed by atoms with E-state index in [9.17, 15) is 14.0 Å². The SMILES string of the molecule is CN(CC(=O)NCc1ccccc1F)CC(=O)Nc1ccccc1Cl. The van der Waals surface area contributed by atoms with Crippen molar-refractivity contribution in [1.29, 1.82) is 0 Å². The molecule has 0 spiro atoms. The first-order valence-corrected chi connectivity index (χ1v) is 8.06. The molecule has 0 saturated heterocycles. The number of carbonyl (C=O) groups excluding carboxylic acids is 2. The van der Waals surface area contributed by atoms with Gasteiger partial charge in [0, 0.05) is 12.1 Å². The quantitative estimate of drug-likeness (QED) is 0.795. The fraction of sp³-hybridized carbons (Fsp3) is 0.222. The molecule has 2 aromatic carbocycles. The first-order chi connectivity index (χ1) is 12.0. The fourth-order valence-electron chi connectivity index (χ4n) is 2.19. The fourth-order valence-corrected chi connectivity index (χ4v) is 2.37. The normalized spacial score (nSPS) is 10.6. The highest BCUT2D eigenvalue weighted by Crippen LogP contribution is 2.20. The summed E-state index contributed by atoms with van der Waals surface area (Å²) in [5.74, 6) is -0.941. The molecule has 0 aliphatic heterocycles. The Hall–Kier alpha value is -2.44. The maximum atomic E-state index is 13.5. The van der Waals surface area contributed by atoms with E-state index in [1.807, 2.05) is 0 Å². The Morgan fingerprint density at radius 1 is 1.04 bits per heavy atom. The number of para-hydroxylation sites is 1. The Balaban J connectivity index is 1.76. The van der Waals surface area contributed by atoms with Crippen LogP contribution in [0, 0.1) is 5.82 Å². The van der Waals surface area contributed by atoms with Gasteiger partial charge in [0.2, 0.25) is 11.8 Å². The molecule has 0 saturated carbocycles. The number of hydrogen-bond acceptors (Lipinski definition) is 3. The first-order valence-electron chi connectivity index (χ1n) is 7.68. The van der Waals surface area contributed by atoms with Gasteiger partial charge in [0.25, 0.3) is 0 Å². The molecular formula is C18H19ClFN3O2. The lowest BCUT2D eigenvalue weighted by Gasteiger charge is -2.16. The first kappa shape index (κ1) is 18.9. The number of halogens is 2. The van der Waals surface area contributed by atoms with Crippen LogP contribution < -0.4 is 10.6 Å². The average Bonchev–Trinajstić information content (AvgIpc) is 2.56. The highest BCUT2D eigenvalue weighted by atomic mass is 35.5. The molecule has 0 heterocycles. The van der Waals surface area contributed by atoms with Crippen LogP contribution in [0.3, 0.4) is 0 Å². The molecule has 0 radical (unpaired) electrons. The molecule has 25 heavy (non-hydrogen) atoms. The zero-order chi connectivity index (χ0) is 18.2. The van der Waals surface area contributed by atoms with E-state index in [0.29, 0.717) is 16.3 Å². The van der Waals surface area contributed by atoms with E-state index < -0.39 is 0 Å². The van der Waals surface area contributed by atoms with Crippen LogP contribution >= 0.6 is 11.6 Å². The number of anilines is 1. The van der Waals surface area contributed by atoms with Crippen LogP contribution in [0.1, 0.15) is 5.56 Å². The lowest BCUT2D eigenvalue weighted by molar-refractivity contribution is -0.123. The van der Waals surface area contributed by atoms with Gasteiger partial charge in [0.15, 0.2) is 0 Å². The third-order valence-corrected chi connectivity index (χ3v) is 3.74. The molecule has 0 unspecified atom stereocenters. The van der Waals surface area contributed by atoms with Crippen LogP contribution in [-0.2, 0) is 16.1 Å². The number of amides is 2. The second-order valence-corrected chi connectivity index (χ2v) is 5.98. The van der Waals surface area contributed by atoms with Gasteiger partial charge in [-0.2, -0.15) is 0 Å². The highest BCUT2D eigenvalue weighted by Gasteiger charge is 2.12. The van der Waals surface area contributed by atoms with E-state index in [1.54, 1.807) is 54.4 Å². The highest BCUT2D eigenvalue weighted by molar-refractivity contribution is 6.33. The summed E-state index contributed by atoms with van der Waals surface area (Å²) in [7, 11) is 1.65. The number of rotatable bonds is 7. The van der Waals surface area contributed by atoms with Crippen LogP contribution in [0.25, 0.3) is 0 Å². The summed E-state index contributed by atoms with van der Waals surface area (Å²) in [6.45, 7) is 0.147. The number of nitrogens with one attached hydrogen (secondary N) is 2. The molecule has 2 amide bonds. The van der Waals surface area contributed by atoms with Gasteiger partial charge in [-0.3, -0.25) is 14.5 Å². The molecule has 2 aromatic rings. The van der Waals surface area contributed by atoms with Crippen LogP contribution in [0.2, 0.25) is 5.02 Å². The Bertz CT molecular complexity index is 755. The van der Waals surface area contributed by atoms with E-state index in [2.05, 4.69) is 10.6 Å². The molecule has 7 heteroatoms. The van der Waals surface area contributed by atoms with Crippen LogP contribution in [0.5, 0.6) is 0 Å². The number of nitrogens with zero attached hydrogens (tertiary/aromatic N) is 1. The van der Waals surface area contributed by atoms with Gasteiger partial charge in [-0.25, -0.2) is 4.39 Å². The van der Waals surface area contributed by atoms with Crippen molar-refractivity contribution in [2.45, 2.75) is 6.54 Å². The van der Waals surface area contributed by atoms with Crippen LogP contribution in [-0.4, -0.2) is 36.9 Å². The van der Waals surface area contributed by atoms with Gasteiger partial charge in [-0.05, 0) is 25.2 Å². The second kappa shape index (κ2) is 9.15. The lowest BCUT2D eigenvalue weighted by atomic mass is 10.2. The Labute approximate surface area is 150 Å². The van der Waals surface area contributed by atoms with Crippen molar-refractivity contribution in [2.75, 3.05) is 25.5 Å². The molecule has 0 aliphatic carbocycles. The van der Waals surface area contributed by atoms with Crippen molar-refractivity contribution in [1.82, 2.24) is 10.2 Å². The molecule has 0 atom stereocenters. The summed E-state index contributed by atoms with van der Waals surface area (Å²) in [5.41, 5.74) is 0.932. The monoisotopic (exact) mass is 363 g/mol. The summed E-state index contributed by atoms with van der Waals surface area (Å²) < 4.78 is 13.5. The molecule has 5 nitrogen and oxygen atoms in total. The van der Waals surface area contributed by atoms with Crippen molar-refractivity contribution >= 4 is 29.1 Å². The lowest BCUT2D eigenvalue weighted by Crippen LogP contribution is -2.38. The molecule has 2 rings (SSSR count). The van der Waals surface area contributed by atoms with Crippen LogP contribution in [0.4, 0.5) is 10.1 Å². The van der Waals surface area contributed by atoms with Crippen molar-refractivity contribution in [3.63, 3.8) is 0 Å².